The van der Waals surface area contributed by atoms with Crippen molar-refractivity contribution in [2.45, 2.75) is 19.4 Å². The fraction of sp³-hybridized carbons (Fsp3) is 0.217. The first-order chi connectivity index (χ1) is 14.2. The Hall–Kier alpha value is -3.12. The first kappa shape index (κ1) is 17.9. The molecule has 1 aliphatic heterocycles. The molecule has 1 aliphatic rings. The number of hydrogen-bond donors (Lipinski definition) is 0. The summed E-state index contributed by atoms with van der Waals surface area (Å²) < 4.78 is 7.27. The molecule has 0 atom stereocenters. The van der Waals surface area contributed by atoms with Crippen molar-refractivity contribution in [3.8, 4) is 17.0 Å². The zero-order valence-corrected chi connectivity index (χ0v) is 17.0. The van der Waals surface area contributed by atoms with Gasteiger partial charge in [0.05, 0.1) is 19.2 Å². The Morgan fingerprint density at radius 2 is 1.93 bits per heavy atom. The Bertz CT molecular complexity index is 1180. The third kappa shape index (κ3) is 3.40. The van der Waals surface area contributed by atoms with Crippen molar-refractivity contribution in [1.29, 1.82) is 0 Å². The minimum absolute atomic E-state index is 0.166. The first-order valence-corrected chi connectivity index (χ1v) is 10.5. The zero-order chi connectivity index (χ0) is 19.8. The van der Waals surface area contributed by atoms with Crippen molar-refractivity contribution in [3.05, 3.63) is 76.9 Å². The highest BCUT2D eigenvalue weighted by atomic mass is 32.1. The molecule has 2 aromatic carbocycles. The number of ether oxygens (including phenoxy) is 1. The van der Waals surface area contributed by atoms with Gasteiger partial charge in [0.2, 0.25) is 5.91 Å². The van der Waals surface area contributed by atoms with Gasteiger partial charge in [0, 0.05) is 35.9 Å². The summed E-state index contributed by atoms with van der Waals surface area (Å²) in [6.07, 6.45) is 3.33. The van der Waals surface area contributed by atoms with Crippen LogP contribution in [0.1, 0.15) is 16.8 Å². The van der Waals surface area contributed by atoms with Gasteiger partial charge in [-0.1, -0.05) is 24.3 Å². The predicted molar refractivity (Wildman–Crippen MR) is 114 cm³/mol. The van der Waals surface area contributed by atoms with Gasteiger partial charge in [0.1, 0.15) is 5.75 Å². The maximum absolute atomic E-state index is 12.9. The van der Waals surface area contributed by atoms with Gasteiger partial charge >= 0.3 is 0 Å². The van der Waals surface area contributed by atoms with E-state index in [-0.39, 0.29) is 5.91 Å². The third-order valence-electron chi connectivity index (χ3n) is 5.48. The van der Waals surface area contributed by atoms with Crippen LogP contribution in [0.5, 0.6) is 5.75 Å². The second-order valence-corrected chi connectivity index (χ2v) is 8.08. The molecule has 2 aromatic heterocycles. The molecule has 1 amide bonds. The molecule has 0 fully saturated rings. The summed E-state index contributed by atoms with van der Waals surface area (Å²) >= 11 is 1.57. The molecule has 0 saturated heterocycles. The largest absolute Gasteiger partial charge is 0.497 e. The van der Waals surface area contributed by atoms with E-state index in [1.165, 1.54) is 11.1 Å². The summed E-state index contributed by atoms with van der Waals surface area (Å²) in [5.41, 5.74) is 5.54. The van der Waals surface area contributed by atoms with Crippen LogP contribution in [0.25, 0.3) is 16.2 Å². The molecular weight excluding hydrogens is 382 g/mol. The molecule has 3 heterocycles. The molecule has 5 nitrogen and oxygen atoms in total. The molecule has 0 radical (unpaired) electrons. The second kappa shape index (κ2) is 7.37. The van der Waals surface area contributed by atoms with Gasteiger partial charge in [0.15, 0.2) is 4.96 Å². The number of carbonyl (C=O) groups excluding carboxylic acids is 1. The number of imidazole rings is 1. The summed E-state index contributed by atoms with van der Waals surface area (Å²) in [7, 11) is 1.66. The van der Waals surface area contributed by atoms with Gasteiger partial charge < -0.3 is 9.64 Å². The lowest BCUT2D eigenvalue weighted by Crippen LogP contribution is -2.37. The fourth-order valence-corrected chi connectivity index (χ4v) is 4.71. The molecule has 146 valence electrons. The number of fused-ring (bicyclic) bond motifs is 2. The van der Waals surface area contributed by atoms with Crippen molar-refractivity contribution in [3.63, 3.8) is 0 Å². The molecule has 0 aliphatic carbocycles. The molecule has 6 heteroatoms. The number of carbonyl (C=O) groups is 1. The highest BCUT2D eigenvalue weighted by Crippen LogP contribution is 2.26. The van der Waals surface area contributed by atoms with E-state index in [1.807, 2.05) is 51.2 Å². The minimum atomic E-state index is 0.166. The van der Waals surface area contributed by atoms with Crippen LogP contribution >= 0.6 is 11.3 Å². The SMILES string of the molecule is COc1ccc(-c2cn3c(CC(=O)N4CCc5ccccc5C4)csc3n2)cc1. The number of methoxy groups -OCH3 is 1. The number of rotatable bonds is 4. The summed E-state index contributed by atoms with van der Waals surface area (Å²) in [5, 5.41) is 2.04. The normalized spacial score (nSPS) is 13.5. The molecule has 0 spiro atoms. The number of benzene rings is 2. The minimum Gasteiger partial charge on any atom is -0.497 e. The van der Waals surface area contributed by atoms with Crippen molar-refractivity contribution in [2.75, 3.05) is 13.7 Å². The van der Waals surface area contributed by atoms with Gasteiger partial charge in [-0.3, -0.25) is 9.20 Å². The summed E-state index contributed by atoms with van der Waals surface area (Å²) in [6, 6.07) is 16.3. The summed E-state index contributed by atoms with van der Waals surface area (Å²) in [6.45, 7) is 1.48. The van der Waals surface area contributed by atoms with E-state index in [1.54, 1.807) is 18.4 Å². The second-order valence-electron chi connectivity index (χ2n) is 7.25. The topological polar surface area (TPSA) is 46.8 Å². The Labute approximate surface area is 173 Å². The van der Waals surface area contributed by atoms with Crippen LogP contribution < -0.4 is 4.74 Å². The number of aromatic nitrogens is 2. The average Bonchev–Trinajstić information content (AvgIpc) is 3.35. The number of nitrogens with zero attached hydrogens (tertiary/aromatic N) is 3. The van der Waals surface area contributed by atoms with E-state index < -0.39 is 0 Å². The monoisotopic (exact) mass is 403 g/mol. The molecule has 5 rings (SSSR count). The van der Waals surface area contributed by atoms with Crippen molar-refractivity contribution >= 4 is 22.2 Å². The molecule has 0 saturated carbocycles. The van der Waals surface area contributed by atoms with E-state index in [2.05, 4.69) is 18.2 Å². The highest BCUT2D eigenvalue weighted by Gasteiger charge is 2.22. The lowest BCUT2D eigenvalue weighted by atomic mass is 10.00. The van der Waals surface area contributed by atoms with Crippen LogP contribution in [0.15, 0.2) is 60.1 Å². The summed E-state index contributed by atoms with van der Waals surface area (Å²) in [4.78, 5) is 20.5. The molecule has 4 aromatic rings. The quantitative estimate of drug-likeness (QED) is 0.513. The average molecular weight is 404 g/mol. The molecule has 0 bridgehead atoms. The van der Waals surface area contributed by atoms with E-state index >= 15 is 0 Å². The Morgan fingerprint density at radius 1 is 1.14 bits per heavy atom. The van der Waals surface area contributed by atoms with Crippen LogP contribution in [-0.4, -0.2) is 33.8 Å². The predicted octanol–water partition coefficient (Wildman–Crippen LogP) is 4.20. The lowest BCUT2D eigenvalue weighted by molar-refractivity contribution is -0.131. The molecule has 0 N–H and O–H groups in total. The Morgan fingerprint density at radius 3 is 2.72 bits per heavy atom. The van der Waals surface area contributed by atoms with Gasteiger partial charge in [-0.25, -0.2) is 4.98 Å². The van der Waals surface area contributed by atoms with Crippen LogP contribution in [0, 0.1) is 0 Å². The Kier molecular flexibility index (Phi) is 4.56. The van der Waals surface area contributed by atoms with Crippen molar-refractivity contribution < 1.29 is 9.53 Å². The fourth-order valence-electron chi connectivity index (χ4n) is 3.83. The van der Waals surface area contributed by atoms with Gasteiger partial charge in [-0.15, -0.1) is 11.3 Å². The molecule has 29 heavy (non-hydrogen) atoms. The van der Waals surface area contributed by atoms with E-state index in [4.69, 9.17) is 9.72 Å². The van der Waals surface area contributed by atoms with Crippen LogP contribution in [0.3, 0.4) is 0 Å². The summed E-state index contributed by atoms with van der Waals surface area (Å²) in [5.74, 6) is 0.989. The van der Waals surface area contributed by atoms with Crippen LogP contribution in [0.4, 0.5) is 0 Å². The molecule has 0 unspecified atom stereocenters. The van der Waals surface area contributed by atoms with Gasteiger partial charge in [-0.05, 0) is 41.8 Å². The van der Waals surface area contributed by atoms with Gasteiger partial charge in [-0.2, -0.15) is 0 Å². The lowest BCUT2D eigenvalue weighted by Gasteiger charge is -2.28. The van der Waals surface area contributed by atoms with Crippen molar-refractivity contribution in [1.82, 2.24) is 14.3 Å². The smallest absolute Gasteiger partial charge is 0.228 e. The van der Waals surface area contributed by atoms with Crippen LogP contribution in [-0.2, 0) is 24.2 Å². The van der Waals surface area contributed by atoms with Crippen molar-refractivity contribution in [2.24, 2.45) is 0 Å². The van der Waals surface area contributed by atoms with Crippen LogP contribution in [0.2, 0.25) is 0 Å². The number of amides is 1. The maximum Gasteiger partial charge on any atom is 0.228 e. The Balaban J connectivity index is 1.35. The first-order valence-electron chi connectivity index (χ1n) is 9.66. The number of hydrogen-bond acceptors (Lipinski definition) is 4. The third-order valence-corrected chi connectivity index (χ3v) is 6.37. The van der Waals surface area contributed by atoms with E-state index in [0.717, 1.165) is 40.6 Å². The highest BCUT2D eigenvalue weighted by molar-refractivity contribution is 7.15. The maximum atomic E-state index is 12.9. The standard InChI is InChI=1S/C23H21N3O2S/c1-28-20-8-6-17(7-9-20)21-14-26-19(15-29-23(26)24-21)12-22(27)25-11-10-16-4-2-3-5-18(16)13-25/h2-9,14-15H,10-13H2,1H3. The van der Waals surface area contributed by atoms with E-state index in [0.29, 0.717) is 13.0 Å². The van der Waals surface area contributed by atoms with Gasteiger partial charge in [0.25, 0.3) is 0 Å². The zero-order valence-electron chi connectivity index (χ0n) is 16.2. The molecular formula is C23H21N3O2S. The van der Waals surface area contributed by atoms with E-state index in [9.17, 15) is 4.79 Å². The number of thiazole rings is 1.